The molecule has 1 saturated heterocycles. The largest absolute Gasteiger partial charge is 0.470 e. The third kappa shape index (κ3) is 5.06. The molecule has 0 saturated carbocycles. The number of halogens is 3. The molecule has 0 N–H and O–H groups in total. The summed E-state index contributed by atoms with van der Waals surface area (Å²) in [6.45, 7) is 5.75. The number of carbonyl (C=O) groups is 1. The molecule has 2 atom stereocenters. The van der Waals surface area contributed by atoms with E-state index in [1.807, 2.05) is 35.2 Å². The number of urea groups is 1. The second-order valence-electron chi connectivity index (χ2n) is 8.58. The van der Waals surface area contributed by atoms with Gasteiger partial charge in [-0.1, -0.05) is 30.3 Å². The first-order valence-electron chi connectivity index (χ1n) is 11.0. The Morgan fingerprint density at radius 1 is 1.03 bits per heavy atom. The van der Waals surface area contributed by atoms with Crippen molar-refractivity contribution in [2.24, 2.45) is 0 Å². The minimum Gasteiger partial charge on any atom is -0.413 e. The van der Waals surface area contributed by atoms with Crippen LogP contribution in [0.2, 0.25) is 0 Å². The van der Waals surface area contributed by atoms with Crippen molar-refractivity contribution in [3.05, 3.63) is 66.1 Å². The van der Waals surface area contributed by atoms with Gasteiger partial charge in [0.15, 0.2) is 0 Å². The van der Waals surface area contributed by atoms with Crippen molar-refractivity contribution in [3.8, 4) is 11.5 Å². The van der Waals surface area contributed by atoms with Crippen LogP contribution >= 0.6 is 0 Å². The number of nitrogens with zero attached hydrogens (tertiary/aromatic N) is 5. The Bertz CT molecular complexity index is 1110. The van der Waals surface area contributed by atoms with Crippen molar-refractivity contribution < 1.29 is 22.4 Å². The Morgan fingerprint density at radius 3 is 2.21 bits per heavy atom. The van der Waals surface area contributed by atoms with Crippen LogP contribution in [0.4, 0.5) is 23.7 Å². The Kier molecular flexibility index (Phi) is 6.60. The zero-order valence-corrected chi connectivity index (χ0v) is 19.2. The quantitative estimate of drug-likeness (QED) is 0.539. The van der Waals surface area contributed by atoms with E-state index >= 15 is 0 Å². The predicted octanol–water partition coefficient (Wildman–Crippen LogP) is 4.91. The molecule has 1 fully saturated rings. The van der Waals surface area contributed by atoms with E-state index in [9.17, 15) is 18.0 Å². The molecule has 34 heavy (non-hydrogen) atoms. The molecule has 7 nitrogen and oxygen atoms in total. The van der Waals surface area contributed by atoms with Crippen molar-refractivity contribution in [2.45, 2.75) is 38.7 Å². The van der Waals surface area contributed by atoms with Crippen molar-refractivity contribution in [1.29, 1.82) is 0 Å². The highest BCUT2D eigenvalue weighted by Crippen LogP contribution is 2.30. The van der Waals surface area contributed by atoms with E-state index in [-0.39, 0.29) is 24.0 Å². The summed E-state index contributed by atoms with van der Waals surface area (Å²) >= 11 is 0. The normalized spacial score (nSPS) is 19.3. The zero-order chi connectivity index (χ0) is 24.5. The van der Waals surface area contributed by atoms with Crippen LogP contribution in [0.1, 0.15) is 25.3 Å². The lowest BCUT2D eigenvalue weighted by Gasteiger charge is -2.43. The molecule has 2 heterocycles. The minimum absolute atomic E-state index is 0.0891. The topological polar surface area (TPSA) is 65.7 Å². The molecule has 10 heteroatoms. The van der Waals surface area contributed by atoms with Crippen LogP contribution in [-0.2, 0) is 12.7 Å². The fraction of sp³-hybridized carbons (Fsp3) is 0.375. The molecule has 0 aliphatic carbocycles. The molecule has 1 aromatic heterocycles. The third-order valence-corrected chi connectivity index (χ3v) is 6.14. The number of anilines is 1. The molecule has 0 spiro atoms. The SMILES string of the molecule is CC1CN(C(=O)N(Cc2ccc(-c3nnc(C(F)(F)F)o3)cc2)c2ccccc2)C[C@H](C)N1C. The van der Waals surface area contributed by atoms with Gasteiger partial charge >= 0.3 is 18.1 Å². The number of hydrogen-bond acceptors (Lipinski definition) is 5. The molecular formula is C24H26F3N5O2. The summed E-state index contributed by atoms with van der Waals surface area (Å²) in [6.07, 6.45) is -4.69. The molecule has 1 aliphatic rings. The van der Waals surface area contributed by atoms with E-state index in [0.717, 1.165) is 11.3 Å². The summed E-state index contributed by atoms with van der Waals surface area (Å²) in [6, 6.07) is 16.5. The van der Waals surface area contributed by atoms with Gasteiger partial charge in [-0.25, -0.2) is 4.79 Å². The number of alkyl halides is 3. The number of benzene rings is 2. The number of rotatable bonds is 4. The highest BCUT2D eigenvalue weighted by molar-refractivity contribution is 5.92. The van der Waals surface area contributed by atoms with Crippen molar-refractivity contribution >= 4 is 11.7 Å². The van der Waals surface area contributed by atoms with Crippen LogP contribution in [0.25, 0.3) is 11.5 Å². The molecule has 0 bridgehead atoms. The number of carbonyl (C=O) groups excluding carboxylic acids is 1. The maximum absolute atomic E-state index is 13.6. The van der Waals surface area contributed by atoms with E-state index in [2.05, 4.69) is 36.0 Å². The Morgan fingerprint density at radius 2 is 1.65 bits per heavy atom. The van der Waals surface area contributed by atoms with Crippen molar-refractivity contribution in [2.75, 3.05) is 25.0 Å². The number of amides is 2. The van der Waals surface area contributed by atoms with Crippen LogP contribution in [-0.4, -0.2) is 58.2 Å². The van der Waals surface area contributed by atoms with Gasteiger partial charge in [-0.3, -0.25) is 9.80 Å². The maximum atomic E-state index is 13.6. The van der Waals surface area contributed by atoms with E-state index in [4.69, 9.17) is 4.42 Å². The highest BCUT2D eigenvalue weighted by atomic mass is 19.4. The van der Waals surface area contributed by atoms with Crippen molar-refractivity contribution in [1.82, 2.24) is 20.0 Å². The molecular weight excluding hydrogens is 447 g/mol. The van der Waals surface area contributed by atoms with Crippen LogP contribution in [0.15, 0.2) is 59.0 Å². The lowest BCUT2D eigenvalue weighted by atomic mass is 10.1. The number of aromatic nitrogens is 2. The summed E-state index contributed by atoms with van der Waals surface area (Å²) in [5, 5.41) is 6.55. The Balaban J connectivity index is 1.55. The fourth-order valence-electron chi connectivity index (χ4n) is 4.00. The van der Waals surface area contributed by atoms with Gasteiger partial charge in [0.1, 0.15) is 0 Å². The molecule has 3 aromatic rings. The van der Waals surface area contributed by atoms with Gasteiger partial charge in [0, 0.05) is 36.4 Å². The molecule has 1 aliphatic heterocycles. The smallest absolute Gasteiger partial charge is 0.413 e. The third-order valence-electron chi connectivity index (χ3n) is 6.14. The molecule has 180 valence electrons. The van der Waals surface area contributed by atoms with E-state index in [0.29, 0.717) is 25.2 Å². The monoisotopic (exact) mass is 473 g/mol. The first-order chi connectivity index (χ1) is 16.1. The molecule has 2 aromatic carbocycles. The van der Waals surface area contributed by atoms with Crippen LogP contribution in [0, 0.1) is 0 Å². The number of para-hydroxylation sites is 1. The summed E-state index contributed by atoms with van der Waals surface area (Å²) < 4.78 is 43.0. The van der Waals surface area contributed by atoms with Gasteiger partial charge in [-0.15, -0.1) is 10.2 Å². The Hall–Kier alpha value is -3.40. The van der Waals surface area contributed by atoms with Gasteiger partial charge in [-0.05, 0) is 50.7 Å². The van der Waals surface area contributed by atoms with Gasteiger partial charge in [0.2, 0.25) is 5.89 Å². The second kappa shape index (κ2) is 9.46. The fourth-order valence-corrected chi connectivity index (χ4v) is 4.00. The molecule has 2 amide bonds. The summed E-state index contributed by atoms with van der Waals surface area (Å²) in [5.41, 5.74) is 1.94. The van der Waals surface area contributed by atoms with Crippen molar-refractivity contribution in [3.63, 3.8) is 0 Å². The first-order valence-corrected chi connectivity index (χ1v) is 11.0. The summed E-state index contributed by atoms with van der Waals surface area (Å²) in [4.78, 5) is 19.4. The van der Waals surface area contributed by atoms with Gasteiger partial charge < -0.3 is 9.32 Å². The highest BCUT2D eigenvalue weighted by Gasteiger charge is 2.38. The second-order valence-corrected chi connectivity index (χ2v) is 8.58. The lowest BCUT2D eigenvalue weighted by Crippen LogP contribution is -2.58. The Labute approximate surface area is 195 Å². The average molecular weight is 473 g/mol. The van der Waals surface area contributed by atoms with Crippen LogP contribution in [0.5, 0.6) is 0 Å². The van der Waals surface area contributed by atoms with Gasteiger partial charge in [-0.2, -0.15) is 13.2 Å². The minimum atomic E-state index is -4.69. The lowest BCUT2D eigenvalue weighted by molar-refractivity contribution is -0.156. The number of hydrogen-bond donors (Lipinski definition) is 0. The van der Waals surface area contributed by atoms with E-state index < -0.39 is 12.1 Å². The predicted molar refractivity (Wildman–Crippen MR) is 121 cm³/mol. The summed E-state index contributed by atoms with van der Waals surface area (Å²) in [7, 11) is 2.06. The molecule has 4 rings (SSSR count). The van der Waals surface area contributed by atoms with Gasteiger partial charge in [0.05, 0.1) is 6.54 Å². The standard InChI is InChI=1S/C24H26F3N5O2/c1-16-13-31(14-17(2)30(16)3)23(33)32(20-7-5-4-6-8-20)15-18-9-11-19(12-10-18)21-28-29-22(34-21)24(25,26)27/h4-12,16-17H,13-15H2,1-3H3/t16-,17?/m0/s1. The number of likely N-dealkylation sites (N-methyl/N-ethyl adjacent to an activating group) is 1. The number of piperazine rings is 1. The van der Waals surface area contributed by atoms with Crippen LogP contribution in [0.3, 0.4) is 0 Å². The van der Waals surface area contributed by atoms with Crippen LogP contribution < -0.4 is 4.90 Å². The van der Waals surface area contributed by atoms with E-state index in [1.165, 1.54) is 0 Å². The molecule has 0 radical (unpaired) electrons. The van der Waals surface area contributed by atoms with Gasteiger partial charge in [0.25, 0.3) is 0 Å². The maximum Gasteiger partial charge on any atom is 0.470 e. The molecule has 1 unspecified atom stereocenters. The average Bonchev–Trinajstić information content (AvgIpc) is 3.32. The van der Waals surface area contributed by atoms with E-state index in [1.54, 1.807) is 29.2 Å². The summed E-state index contributed by atoms with van der Waals surface area (Å²) in [5.74, 6) is -1.60. The first kappa shape index (κ1) is 23.7. The zero-order valence-electron chi connectivity index (χ0n) is 19.2.